The van der Waals surface area contributed by atoms with Crippen LogP contribution in [0.25, 0.3) is 0 Å². The Hall–Kier alpha value is -0.580. The fourth-order valence-electron chi connectivity index (χ4n) is 1.36. The first-order valence-electron chi connectivity index (χ1n) is 5.78. The van der Waals surface area contributed by atoms with Crippen molar-refractivity contribution in [3.63, 3.8) is 0 Å². The third kappa shape index (κ3) is 5.85. The first-order valence-corrected chi connectivity index (χ1v) is 6.95. The van der Waals surface area contributed by atoms with Gasteiger partial charge < -0.3 is 10.6 Å². The molecular weight excluding hydrogens is 316 g/mol. The molecule has 0 heterocycles. The van der Waals surface area contributed by atoms with E-state index < -0.39 is 0 Å². The van der Waals surface area contributed by atoms with E-state index in [4.69, 9.17) is 11.6 Å². The predicted molar refractivity (Wildman–Crippen MR) is 80.2 cm³/mol. The van der Waals surface area contributed by atoms with Gasteiger partial charge in [-0.15, -0.1) is 0 Å². The van der Waals surface area contributed by atoms with Crippen LogP contribution in [0.4, 0.5) is 5.69 Å². The van der Waals surface area contributed by atoms with E-state index in [1.165, 1.54) is 0 Å². The van der Waals surface area contributed by atoms with Crippen molar-refractivity contribution in [1.29, 1.82) is 0 Å². The molecular formula is C13H18BrClN2O. The van der Waals surface area contributed by atoms with Crippen LogP contribution in [0.2, 0.25) is 5.02 Å². The van der Waals surface area contributed by atoms with Gasteiger partial charge >= 0.3 is 0 Å². The number of amides is 1. The lowest BCUT2D eigenvalue weighted by Gasteiger charge is -2.20. The Bertz CT molecular complexity index is 429. The van der Waals surface area contributed by atoms with Gasteiger partial charge in [0.25, 0.3) is 0 Å². The molecule has 0 unspecified atom stereocenters. The minimum atomic E-state index is -0.0327. The topological polar surface area (TPSA) is 41.1 Å². The van der Waals surface area contributed by atoms with Crippen LogP contribution in [0.1, 0.15) is 27.2 Å². The van der Waals surface area contributed by atoms with Crippen molar-refractivity contribution < 1.29 is 4.79 Å². The Morgan fingerprint density at radius 3 is 2.67 bits per heavy atom. The first kappa shape index (κ1) is 15.5. The van der Waals surface area contributed by atoms with Crippen molar-refractivity contribution in [2.24, 2.45) is 0 Å². The van der Waals surface area contributed by atoms with Gasteiger partial charge in [-0.3, -0.25) is 4.79 Å². The van der Waals surface area contributed by atoms with E-state index in [-0.39, 0.29) is 11.4 Å². The molecule has 0 bridgehead atoms. The van der Waals surface area contributed by atoms with E-state index in [9.17, 15) is 4.79 Å². The Balaban J connectivity index is 2.47. The van der Waals surface area contributed by atoms with Crippen LogP contribution < -0.4 is 10.6 Å². The van der Waals surface area contributed by atoms with Gasteiger partial charge in [-0.1, -0.05) is 11.6 Å². The molecule has 5 heteroatoms. The lowest BCUT2D eigenvalue weighted by molar-refractivity contribution is -0.116. The Labute approximate surface area is 121 Å². The molecule has 1 rings (SSSR count). The number of benzene rings is 1. The summed E-state index contributed by atoms with van der Waals surface area (Å²) in [4.78, 5) is 11.7. The maximum Gasteiger partial charge on any atom is 0.225 e. The normalized spacial score (nSPS) is 11.4. The molecule has 100 valence electrons. The number of hydrogen-bond acceptors (Lipinski definition) is 2. The molecule has 1 aromatic carbocycles. The minimum Gasteiger partial charge on any atom is -0.325 e. The largest absolute Gasteiger partial charge is 0.325 e. The molecule has 0 aromatic heterocycles. The van der Waals surface area contributed by atoms with E-state index >= 15 is 0 Å². The van der Waals surface area contributed by atoms with E-state index in [0.29, 0.717) is 23.7 Å². The van der Waals surface area contributed by atoms with E-state index in [0.717, 1.165) is 4.47 Å². The number of halogens is 2. The molecule has 0 atom stereocenters. The van der Waals surface area contributed by atoms with Crippen LogP contribution in [0.3, 0.4) is 0 Å². The Morgan fingerprint density at radius 2 is 2.06 bits per heavy atom. The summed E-state index contributed by atoms with van der Waals surface area (Å²) in [5, 5.41) is 6.69. The van der Waals surface area contributed by atoms with Crippen molar-refractivity contribution in [3.8, 4) is 0 Å². The monoisotopic (exact) mass is 332 g/mol. The van der Waals surface area contributed by atoms with E-state index in [1.54, 1.807) is 12.1 Å². The Morgan fingerprint density at radius 1 is 1.39 bits per heavy atom. The lowest BCUT2D eigenvalue weighted by Crippen LogP contribution is -2.37. The number of anilines is 1. The molecule has 2 N–H and O–H groups in total. The SMILES string of the molecule is CC(C)(C)NCCC(=O)Nc1cc(Cl)ccc1Br. The molecule has 0 aliphatic rings. The van der Waals surface area contributed by atoms with Gasteiger partial charge in [-0.25, -0.2) is 0 Å². The van der Waals surface area contributed by atoms with Gasteiger partial charge in [-0.05, 0) is 54.9 Å². The predicted octanol–water partition coefficient (Wildman–Crippen LogP) is 3.82. The highest BCUT2D eigenvalue weighted by molar-refractivity contribution is 9.10. The molecule has 0 saturated heterocycles. The molecule has 0 spiro atoms. The first-order chi connectivity index (χ1) is 8.28. The highest BCUT2D eigenvalue weighted by Crippen LogP contribution is 2.25. The standard InChI is InChI=1S/C13H18BrClN2O/c1-13(2,3)16-7-6-12(18)17-11-8-9(15)4-5-10(11)14/h4-5,8,16H,6-7H2,1-3H3,(H,17,18). The summed E-state index contributed by atoms with van der Waals surface area (Å²) in [6.45, 7) is 6.85. The molecule has 18 heavy (non-hydrogen) atoms. The highest BCUT2D eigenvalue weighted by Gasteiger charge is 2.10. The molecule has 0 fully saturated rings. The number of nitrogens with one attached hydrogen (secondary N) is 2. The molecule has 0 aliphatic carbocycles. The third-order valence-electron chi connectivity index (χ3n) is 2.21. The highest BCUT2D eigenvalue weighted by atomic mass is 79.9. The van der Waals surface area contributed by atoms with Gasteiger partial charge in [0.15, 0.2) is 0 Å². The van der Waals surface area contributed by atoms with Crippen molar-refractivity contribution >= 4 is 39.1 Å². The molecule has 0 radical (unpaired) electrons. The van der Waals surface area contributed by atoms with Crippen molar-refractivity contribution in [3.05, 3.63) is 27.7 Å². The van der Waals surface area contributed by atoms with Crippen LogP contribution in [0.15, 0.2) is 22.7 Å². The quantitative estimate of drug-likeness (QED) is 0.879. The number of carbonyl (C=O) groups is 1. The average Bonchev–Trinajstić information content (AvgIpc) is 2.21. The van der Waals surface area contributed by atoms with Gasteiger partial charge in [0, 0.05) is 28.0 Å². The fraction of sp³-hybridized carbons (Fsp3) is 0.462. The van der Waals surface area contributed by atoms with Gasteiger partial charge in [0.2, 0.25) is 5.91 Å². The van der Waals surface area contributed by atoms with Crippen LogP contribution in [-0.4, -0.2) is 18.0 Å². The minimum absolute atomic E-state index is 0.0247. The van der Waals surface area contributed by atoms with E-state index in [1.807, 2.05) is 6.07 Å². The molecule has 1 amide bonds. The smallest absolute Gasteiger partial charge is 0.225 e. The summed E-state index contributed by atoms with van der Waals surface area (Å²) < 4.78 is 0.823. The van der Waals surface area contributed by atoms with Crippen molar-refractivity contribution in [1.82, 2.24) is 5.32 Å². The van der Waals surface area contributed by atoms with Crippen LogP contribution in [0.5, 0.6) is 0 Å². The zero-order valence-corrected chi connectivity index (χ0v) is 13.2. The second-order valence-electron chi connectivity index (χ2n) is 5.10. The summed E-state index contributed by atoms with van der Waals surface area (Å²) in [7, 11) is 0. The summed E-state index contributed by atoms with van der Waals surface area (Å²) in [6, 6.07) is 5.30. The fourth-order valence-corrected chi connectivity index (χ4v) is 1.87. The average molecular weight is 334 g/mol. The lowest BCUT2D eigenvalue weighted by atomic mass is 10.1. The van der Waals surface area contributed by atoms with E-state index in [2.05, 4.69) is 47.3 Å². The number of rotatable bonds is 4. The number of carbonyl (C=O) groups excluding carboxylic acids is 1. The summed E-state index contributed by atoms with van der Waals surface area (Å²) in [5.41, 5.74) is 0.722. The second-order valence-corrected chi connectivity index (χ2v) is 6.39. The Kier molecular flexibility index (Phi) is 5.63. The molecule has 0 saturated carbocycles. The second kappa shape index (κ2) is 6.55. The molecule has 1 aromatic rings. The summed E-state index contributed by atoms with van der Waals surface area (Å²) in [5.74, 6) is -0.0327. The maximum atomic E-state index is 11.7. The van der Waals surface area contributed by atoms with Gasteiger partial charge in [-0.2, -0.15) is 0 Å². The van der Waals surface area contributed by atoms with Gasteiger partial charge in [0.05, 0.1) is 5.69 Å². The maximum absolute atomic E-state index is 11.7. The van der Waals surface area contributed by atoms with Crippen molar-refractivity contribution in [2.75, 3.05) is 11.9 Å². The van der Waals surface area contributed by atoms with Gasteiger partial charge in [0.1, 0.15) is 0 Å². The zero-order valence-electron chi connectivity index (χ0n) is 10.8. The molecule has 0 aliphatic heterocycles. The van der Waals surface area contributed by atoms with Crippen LogP contribution in [0, 0.1) is 0 Å². The summed E-state index contributed by atoms with van der Waals surface area (Å²) >= 11 is 9.25. The van der Waals surface area contributed by atoms with Crippen LogP contribution in [-0.2, 0) is 4.79 Å². The van der Waals surface area contributed by atoms with Crippen molar-refractivity contribution in [2.45, 2.75) is 32.7 Å². The molecule has 3 nitrogen and oxygen atoms in total. The third-order valence-corrected chi connectivity index (χ3v) is 3.14. The van der Waals surface area contributed by atoms with Crippen LogP contribution >= 0.6 is 27.5 Å². The summed E-state index contributed by atoms with van der Waals surface area (Å²) in [6.07, 6.45) is 0.427. The zero-order chi connectivity index (χ0) is 13.8. The number of hydrogen-bond donors (Lipinski definition) is 2.